The molecule has 1 aromatic rings. The Balaban J connectivity index is 2.91. The number of hydrogen-bond donors (Lipinski definition) is 2. The lowest BCUT2D eigenvalue weighted by Gasteiger charge is -2.23. The van der Waals surface area contributed by atoms with E-state index in [0.29, 0.717) is 5.92 Å². The van der Waals surface area contributed by atoms with Gasteiger partial charge in [0.05, 0.1) is 0 Å². The molecule has 0 saturated heterocycles. The lowest BCUT2D eigenvalue weighted by Crippen LogP contribution is -2.30. The third kappa shape index (κ3) is 3.80. The van der Waals surface area contributed by atoms with Crippen molar-refractivity contribution >= 4 is 0 Å². The molecule has 3 N–H and O–H groups in total. The average molecular weight is 250 g/mol. The minimum atomic E-state index is 0.189. The molecule has 0 bridgehead atoms. The first kappa shape index (κ1) is 15.2. The smallest absolute Gasteiger partial charge is 0.0488 e. The summed E-state index contributed by atoms with van der Waals surface area (Å²) in [6.45, 7) is 9.38. The van der Waals surface area contributed by atoms with Gasteiger partial charge < -0.3 is 4.74 Å². The Bertz CT molecular complexity index is 390. The molecule has 18 heavy (non-hydrogen) atoms. The number of hydrazine groups is 1. The molecule has 0 fully saturated rings. The van der Waals surface area contributed by atoms with E-state index in [4.69, 9.17) is 10.6 Å². The van der Waals surface area contributed by atoms with E-state index in [2.05, 4.69) is 45.3 Å². The highest BCUT2D eigenvalue weighted by Gasteiger charge is 2.16. The van der Waals surface area contributed by atoms with Crippen LogP contribution in [0.15, 0.2) is 12.1 Å². The predicted molar refractivity (Wildman–Crippen MR) is 76.4 cm³/mol. The largest absolute Gasteiger partial charge is 0.384 e. The molecule has 2 atom stereocenters. The maximum atomic E-state index is 5.72. The molecular formula is C15H26N2O. The van der Waals surface area contributed by atoms with Crippen LogP contribution >= 0.6 is 0 Å². The standard InChI is InChI=1S/C15H26N2O/c1-10(9-18-5)6-15(17-16)14-8-12(3)11(2)7-13(14)4/h7-8,10,15,17H,6,9,16H2,1-5H3. The Morgan fingerprint density at radius 2 is 1.78 bits per heavy atom. The van der Waals surface area contributed by atoms with Gasteiger partial charge in [0.25, 0.3) is 0 Å². The van der Waals surface area contributed by atoms with Gasteiger partial charge in [-0.05, 0) is 55.4 Å². The van der Waals surface area contributed by atoms with Crippen molar-refractivity contribution in [2.75, 3.05) is 13.7 Å². The summed E-state index contributed by atoms with van der Waals surface area (Å²) in [5, 5.41) is 0. The zero-order valence-electron chi connectivity index (χ0n) is 12.2. The van der Waals surface area contributed by atoms with Gasteiger partial charge in [0.2, 0.25) is 0 Å². The molecule has 3 nitrogen and oxygen atoms in total. The molecule has 0 aliphatic rings. The van der Waals surface area contributed by atoms with Crippen molar-refractivity contribution in [1.82, 2.24) is 5.43 Å². The van der Waals surface area contributed by atoms with Gasteiger partial charge >= 0.3 is 0 Å². The van der Waals surface area contributed by atoms with Crippen LogP contribution in [0, 0.1) is 26.7 Å². The number of aryl methyl sites for hydroxylation is 3. The summed E-state index contributed by atoms with van der Waals surface area (Å²) >= 11 is 0. The first-order valence-electron chi connectivity index (χ1n) is 6.52. The van der Waals surface area contributed by atoms with Gasteiger partial charge in [-0.2, -0.15) is 0 Å². The van der Waals surface area contributed by atoms with Crippen LogP contribution in [0.5, 0.6) is 0 Å². The van der Waals surface area contributed by atoms with E-state index in [1.165, 1.54) is 22.3 Å². The van der Waals surface area contributed by atoms with Crippen molar-refractivity contribution in [2.24, 2.45) is 11.8 Å². The van der Waals surface area contributed by atoms with E-state index in [1.54, 1.807) is 7.11 Å². The van der Waals surface area contributed by atoms with Gasteiger partial charge in [-0.15, -0.1) is 0 Å². The second-order valence-corrected chi connectivity index (χ2v) is 5.31. The second kappa shape index (κ2) is 6.88. The first-order chi connectivity index (χ1) is 8.49. The highest BCUT2D eigenvalue weighted by atomic mass is 16.5. The Kier molecular flexibility index (Phi) is 5.79. The maximum absolute atomic E-state index is 5.72. The molecule has 0 radical (unpaired) electrons. The lowest BCUT2D eigenvalue weighted by molar-refractivity contribution is 0.149. The third-order valence-electron chi connectivity index (χ3n) is 3.55. The second-order valence-electron chi connectivity index (χ2n) is 5.31. The minimum absolute atomic E-state index is 0.189. The predicted octanol–water partition coefficient (Wildman–Crippen LogP) is 2.79. The Morgan fingerprint density at radius 3 is 2.33 bits per heavy atom. The molecule has 3 heteroatoms. The minimum Gasteiger partial charge on any atom is -0.384 e. The maximum Gasteiger partial charge on any atom is 0.0488 e. The fourth-order valence-electron chi connectivity index (χ4n) is 2.40. The van der Waals surface area contributed by atoms with Crippen LogP contribution in [0.1, 0.15) is 41.6 Å². The molecule has 1 aromatic carbocycles. The molecule has 0 saturated carbocycles. The number of nitrogens with one attached hydrogen (secondary N) is 1. The van der Waals surface area contributed by atoms with Crippen LogP contribution < -0.4 is 11.3 Å². The van der Waals surface area contributed by atoms with Crippen LogP contribution in [-0.2, 0) is 4.74 Å². The molecule has 0 amide bonds. The van der Waals surface area contributed by atoms with Crippen LogP contribution in [0.4, 0.5) is 0 Å². The third-order valence-corrected chi connectivity index (χ3v) is 3.55. The Morgan fingerprint density at radius 1 is 1.17 bits per heavy atom. The zero-order valence-corrected chi connectivity index (χ0v) is 12.2. The van der Waals surface area contributed by atoms with Gasteiger partial charge in [-0.3, -0.25) is 11.3 Å². The van der Waals surface area contributed by atoms with E-state index >= 15 is 0 Å². The number of hydrogen-bond acceptors (Lipinski definition) is 3. The SMILES string of the molecule is COCC(C)CC(NN)c1cc(C)c(C)cc1C. The van der Waals surface area contributed by atoms with Crippen molar-refractivity contribution in [3.8, 4) is 0 Å². The molecule has 1 rings (SSSR count). The van der Waals surface area contributed by atoms with Crippen LogP contribution in [0.2, 0.25) is 0 Å². The summed E-state index contributed by atoms with van der Waals surface area (Å²) in [7, 11) is 1.74. The van der Waals surface area contributed by atoms with Crippen LogP contribution in [0.3, 0.4) is 0 Å². The molecule has 0 aromatic heterocycles. The molecule has 102 valence electrons. The molecule has 0 aliphatic carbocycles. The quantitative estimate of drug-likeness (QED) is 0.603. The molecular weight excluding hydrogens is 224 g/mol. The van der Waals surface area contributed by atoms with Crippen molar-refractivity contribution in [1.29, 1.82) is 0 Å². The fourth-order valence-corrected chi connectivity index (χ4v) is 2.40. The van der Waals surface area contributed by atoms with Gasteiger partial charge in [-0.25, -0.2) is 0 Å². The zero-order chi connectivity index (χ0) is 13.7. The average Bonchev–Trinajstić information content (AvgIpc) is 2.31. The van der Waals surface area contributed by atoms with Gasteiger partial charge in [0.15, 0.2) is 0 Å². The fraction of sp³-hybridized carbons (Fsp3) is 0.600. The topological polar surface area (TPSA) is 47.3 Å². The van der Waals surface area contributed by atoms with Gasteiger partial charge in [-0.1, -0.05) is 19.1 Å². The monoisotopic (exact) mass is 250 g/mol. The van der Waals surface area contributed by atoms with Crippen molar-refractivity contribution < 1.29 is 4.74 Å². The summed E-state index contributed by atoms with van der Waals surface area (Å²) in [4.78, 5) is 0. The normalized spacial score (nSPS) is 14.6. The number of benzene rings is 1. The number of ether oxygens (including phenoxy) is 1. The van der Waals surface area contributed by atoms with Gasteiger partial charge in [0.1, 0.15) is 0 Å². The van der Waals surface area contributed by atoms with E-state index in [-0.39, 0.29) is 6.04 Å². The van der Waals surface area contributed by atoms with Crippen molar-refractivity contribution in [2.45, 2.75) is 40.2 Å². The summed E-state index contributed by atoms with van der Waals surface area (Å²) in [5.41, 5.74) is 8.18. The summed E-state index contributed by atoms with van der Waals surface area (Å²) < 4.78 is 5.19. The molecule has 0 heterocycles. The summed E-state index contributed by atoms with van der Waals surface area (Å²) in [6, 6.07) is 4.67. The summed E-state index contributed by atoms with van der Waals surface area (Å²) in [6.07, 6.45) is 0.980. The highest BCUT2D eigenvalue weighted by molar-refractivity contribution is 5.38. The van der Waals surface area contributed by atoms with Crippen LogP contribution in [-0.4, -0.2) is 13.7 Å². The van der Waals surface area contributed by atoms with E-state index in [9.17, 15) is 0 Å². The van der Waals surface area contributed by atoms with E-state index in [0.717, 1.165) is 13.0 Å². The van der Waals surface area contributed by atoms with Gasteiger partial charge in [0, 0.05) is 19.8 Å². The van der Waals surface area contributed by atoms with Crippen molar-refractivity contribution in [3.63, 3.8) is 0 Å². The Labute approximate surface area is 111 Å². The Hall–Kier alpha value is -0.900. The number of nitrogens with two attached hydrogens (primary N) is 1. The lowest BCUT2D eigenvalue weighted by atomic mass is 9.91. The highest BCUT2D eigenvalue weighted by Crippen LogP contribution is 2.26. The first-order valence-corrected chi connectivity index (χ1v) is 6.52. The number of rotatable bonds is 6. The molecule has 0 spiro atoms. The summed E-state index contributed by atoms with van der Waals surface area (Å²) in [5.74, 6) is 6.20. The van der Waals surface area contributed by atoms with E-state index < -0.39 is 0 Å². The van der Waals surface area contributed by atoms with E-state index in [1.807, 2.05) is 0 Å². The molecule has 0 aliphatic heterocycles. The molecule has 2 unspecified atom stereocenters. The van der Waals surface area contributed by atoms with Crippen molar-refractivity contribution in [3.05, 3.63) is 34.4 Å². The number of methoxy groups -OCH3 is 1. The van der Waals surface area contributed by atoms with Crippen LogP contribution in [0.25, 0.3) is 0 Å².